The second kappa shape index (κ2) is 3.59. The molecule has 2 aromatic rings. The van der Waals surface area contributed by atoms with Gasteiger partial charge in [0.05, 0.1) is 0 Å². The summed E-state index contributed by atoms with van der Waals surface area (Å²) < 4.78 is 2.10. The molecule has 0 bridgehead atoms. The molecule has 68 valence electrons. The second-order valence-corrected chi connectivity index (χ2v) is 4.98. The third-order valence-electron chi connectivity index (χ3n) is 1.90. The molecule has 13 heavy (non-hydrogen) atoms. The summed E-state index contributed by atoms with van der Waals surface area (Å²) in [6.07, 6.45) is 0. The van der Waals surface area contributed by atoms with E-state index in [2.05, 4.69) is 31.9 Å². The fourth-order valence-electron chi connectivity index (χ4n) is 1.26. The molecule has 0 aliphatic rings. The highest BCUT2D eigenvalue weighted by Gasteiger charge is 2.09. The first kappa shape index (κ1) is 9.49. The molecule has 0 saturated heterocycles. The molecule has 1 aromatic carbocycles. The predicted octanol–water partition coefficient (Wildman–Crippen LogP) is 4.26. The van der Waals surface area contributed by atoms with E-state index in [1.54, 1.807) is 17.4 Å². The van der Waals surface area contributed by atoms with E-state index in [0.717, 1.165) is 19.9 Å². The molecule has 1 N–H and O–H groups in total. The molecule has 1 heterocycles. The van der Waals surface area contributed by atoms with Gasteiger partial charge in [0.15, 0.2) is 0 Å². The first-order valence-electron chi connectivity index (χ1n) is 3.67. The molecular weight excluding hydrogens is 316 g/mol. The molecule has 0 aliphatic heterocycles. The quantitative estimate of drug-likeness (QED) is 0.778. The second-order valence-electron chi connectivity index (χ2n) is 2.65. The molecule has 0 fully saturated rings. The van der Waals surface area contributed by atoms with Crippen LogP contribution in [-0.4, -0.2) is 5.11 Å². The molecule has 0 spiro atoms. The van der Waals surface area contributed by atoms with Gasteiger partial charge in [-0.2, -0.15) is 0 Å². The lowest BCUT2D eigenvalue weighted by Gasteiger charge is -2.03. The number of hydrogen-bond acceptors (Lipinski definition) is 2. The van der Waals surface area contributed by atoms with Crippen LogP contribution < -0.4 is 0 Å². The molecule has 4 heteroatoms. The van der Waals surface area contributed by atoms with E-state index < -0.39 is 0 Å². The average Bonchev–Trinajstić information content (AvgIpc) is 2.53. The van der Waals surface area contributed by atoms with Gasteiger partial charge in [-0.1, -0.05) is 31.9 Å². The SMILES string of the molecule is Oc1cc(Br)c(CBr)c2sccc12. The van der Waals surface area contributed by atoms with Gasteiger partial charge in [-0.05, 0) is 23.1 Å². The Bertz CT molecular complexity index is 450. The van der Waals surface area contributed by atoms with E-state index in [-0.39, 0.29) is 0 Å². The summed E-state index contributed by atoms with van der Waals surface area (Å²) in [5, 5.41) is 13.3. The zero-order valence-corrected chi connectivity index (χ0v) is 10.5. The van der Waals surface area contributed by atoms with Crippen molar-refractivity contribution in [2.45, 2.75) is 5.33 Å². The summed E-state index contributed by atoms with van der Waals surface area (Å²) in [5.74, 6) is 0.341. The lowest BCUT2D eigenvalue weighted by Crippen LogP contribution is -1.80. The normalized spacial score (nSPS) is 10.9. The van der Waals surface area contributed by atoms with Crippen molar-refractivity contribution in [2.24, 2.45) is 0 Å². The van der Waals surface area contributed by atoms with Crippen LogP contribution in [0.2, 0.25) is 0 Å². The van der Waals surface area contributed by atoms with Gasteiger partial charge in [0.25, 0.3) is 0 Å². The van der Waals surface area contributed by atoms with Crippen molar-refractivity contribution < 1.29 is 5.11 Å². The Hall–Kier alpha value is -0.0600. The van der Waals surface area contributed by atoms with E-state index in [1.165, 1.54) is 5.56 Å². The molecule has 0 aliphatic carbocycles. The number of aromatic hydroxyl groups is 1. The fourth-order valence-corrected chi connectivity index (χ4v) is 4.06. The maximum atomic E-state index is 9.62. The minimum absolute atomic E-state index is 0.341. The number of rotatable bonds is 1. The van der Waals surface area contributed by atoms with Crippen molar-refractivity contribution >= 4 is 53.3 Å². The minimum atomic E-state index is 0.341. The summed E-state index contributed by atoms with van der Waals surface area (Å²) >= 11 is 8.51. The fraction of sp³-hybridized carbons (Fsp3) is 0.111. The summed E-state index contributed by atoms with van der Waals surface area (Å²) in [4.78, 5) is 0. The molecule has 1 aromatic heterocycles. The van der Waals surface area contributed by atoms with Crippen LogP contribution in [0.5, 0.6) is 5.75 Å². The van der Waals surface area contributed by atoms with Crippen LogP contribution in [-0.2, 0) is 5.33 Å². The maximum Gasteiger partial charge on any atom is 0.125 e. The molecule has 0 radical (unpaired) electrons. The van der Waals surface area contributed by atoms with Crippen LogP contribution in [0.1, 0.15) is 5.56 Å². The summed E-state index contributed by atoms with van der Waals surface area (Å²) in [7, 11) is 0. The number of benzene rings is 1. The molecule has 0 atom stereocenters. The van der Waals surface area contributed by atoms with Crippen LogP contribution >= 0.6 is 43.2 Å². The van der Waals surface area contributed by atoms with Crippen molar-refractivity contribution in [1.82, 2.24) is 0 Å². The van der Waals surface area contributed by atoms with Gasteiger partial charge in [-0.25, -0.2) is 0 Å². The summed E-state index contributed by atoms with van der Waals surface area (Å²) in [6.45, 7) is 0. The van der Waals surface area contributed by atoms with Crippen LogP contribution in [0.4, 0.5) is 0 Å². The minimum Gasteiger partial charge on any atom is -0.507 e. The smallest absolute Gasteiger partial charge is 0.125 e. The van der Waals surface area contributed by atoms with E-state index >= 15 is 0 Å². The number of alkyl halides is 1. The Morgan fingerprint density at radius 3 is 2.92 bits per heavy atom. The number of thiophene rings is 1. The Kier molecular flexibility index (Phi) is 2.62. The van der Waals surface area contributed by atoms with Gasteiger partial charge in [-0.15, -0.1) is 11.3 Å². The highest BCUT2D eigenvalue weighted by Crippen LogP contribution is 2.37. The number of phenolic OH excluding ortho intramolecular Hbond substituents is 1. The third-order valence-corrected chi connectivity index (χ3v) is 4.14. The van der Waals surface area contributed by atoms with E-state index in [0.29, 0.717) is 5.75 Å². The lowest BCUT2D eigenvalue weighted by atomic mass is 10.2. The van der Waals surface area contributed by atoms with Crippen LogP contribution in [0.3, 0.4) is 0 Å². The molecular formula is C9H6Br2OS. The van der Waals surface area contributed by atoms with Gasteiger partial charge in [0.2, 0.25) is 0 Å². The Morgan fingerprint density at radius 2 is 2.23 bits per heavy atom. The number of hydrogen-bond donors (Lipinski definition) is 1. The van der Waals surface area contributed by atoms with Gasteiger partial charge in [-0.3, -0.25) is 0 Å². The first-order chi connectivity index (χ1) is 6.24. The molecule has 0 saturated carbocycles. The van der Waals surface area contributed by atoms with Crippen molar-refractivity contribution in [2.75, 3.05) is 0 Å². The monoisotopic (exact) mass is 320 g/mol. The molecule has 0 unspecified atom stereocenters. The van der Waals surface area contributed by atoms with Crippen LogP contribution in [0, 0.1) is 0 Å². The Labute approximate surface area is 96.6 Å². The summed E-state index contributed by atoms with van der Waals surface area (Å²) in [5.41, 5.74) is 1.20. The van der Waals surface area contributed by atoms with Crippen LogP contribution in [0.15, 0.2) is 22.0 Å². The Balaban J connectivity index is 2.88. The number of fused-ring (bicyclic) bond motifs is 1. The number of phenols is 1. The van der Waals surface area contributed by atoms with E-state index in [9.17, 15) is 5.11 Å². The van der Waals surface area contributed by atoms with E-state index in [1.807, 2.05) is 11.4 Å². The highest BCUT2D eigenvalue weighted by atomic mass is 79.9. The highest BCUT2D eigenvalue weighted by molar-refractivity contribution is 9.10. The lowest BCUT2D eigenvalue weighted by molar-refractivity contribution is 0.481. The first-order valence-corrected chi connectivity index (χ1v) is 6.47. The zero-order chi connectivity index (χ0) is 9.42. The third kappa shape index (κ3) is 1.51. The molecule has 2 rings (SSSR count). The van der Waals surface area contributed by atoms with Crippen molar-refractivity contribution in [3.05, 3.63) is 27.5 Å². The topological polar surface area (TPSA) is 20.2 Å². The molecule has 0 amide bonds. The van der Waals surface area contributed by atoms with Gasteiger partial charge in [0.1, 0.15) is 5.75 Å². The van der Waals surface area contributed by atoms with Crippen molar-refractivity contribution in [3.63, 3.8) is 0 Å². The van der Waals surface area contributed by atoms with Gasteiger partial charge in [0, 0.05) is 19.9 Å². The predicted molar refractivity (Wildman–Crippen MR) is 63.8 cm³/mol. The Morgan fingerprint density at radius 1 is 1.46 bits per heavy atom. The zero-order valence-electron chi connectivity index (χ0n) is 6.55. The largest absolute Gasteiger partial charge is 0.507 e. The summed E-state index contributed by atoms with van der Waals surface area (Å²) in [6, 6.07) is 3.68. The average molecular weight is 322 g/mol. The van der Waals surface area contributed by atoms with Gasteiger partial charge >= 0.3 is 0 Å². The van der Waals surface area contributed by atoms with E-state index in [4.69, 9.17) is 0 Å². The van der Waals surface area contributed by atoms with Crippen molar-refractivity contribution in [1.29, 1.82) is 0 Å². The molecule has 1 nitrogen and oxygen atoms in total. The maximum absolute atomic E-state index is 9.62. The number of halogens is 2. The van der Waals surface area contributed by atoms with Gasteiger partial charge < -0.3 is 5.11 Å². The van der Waals surface area contributed by atoms with Crippen molar-refractivity contribution in [3.8, 4) is 5.75 Å². The van der Waals surface area contributed by atoms with Crippen LogP contribution in [0.25, 0.3) is 10.1 Å². The standard InChI is InChI=1S/C9H6Br2OS/c10-4-6-7(11)3-8(12)5-1-2-13-9(5)6/h1-3,12H,4H2.